The van der Waals surface area contributed by atoms with Gasteiger partial charge in [0.1, 0.15) is 0 Å². The fourth-order valence-electron chi connectivity index (χ4n) is 4.80. The Labute approximate surface area is 128 Å². The van der Waals surface area contributed by atoms with Gasteiger partial charge in [-0.15, -0.1) is 0 Å². The SMILES string of the molecule is O=C1OCOC(=O)c2c3c(c1c1c2C2CCC(CC1)CC2)C3. The van der Waals surface area contributed by atoms with Crippen LogP contribution in [0.2, 0.25) is 0 Å². The van der Waals surface area contributed by atoms with Gasteiger partial charge in [0.15, 0.2) is 0 Å². The van der Waals surface area contributed by atoms with E-state index >= 15 is 0 Å². The number of cyclic esters (lactones) is 2. The van der Waals surface area contributed by atoms with Crippen LogP contribution in [0.1, 0.15) is 81.0 Å². The maximum Gasteiger partial charge on any atom is 0.341 e. The van der Waals surface area contributed by atoms with E-state index in [0.29, 0.717) is 5.92 Å². The quantitative estimate of drug-likeness (QED) is 0.701. The van der Waals surface area contributed by atoms with Crippen LogP contribution in [0.5, 0.6) is 0 Å². The first-order valence-electron chi connectivity index (χ1n) is 8.28. The number of ether oxygens (including phenoxy) is 2. The number of fused-ring (bicyclic) bond motifs is 3. The van der Waals surface area contributed by atoms with Crippen molar-refractivity contribution < 1.29 is 19.1 Å². The van der Waals surface area contributed by atoms with Crippen molar-refractivity contribution in [2.75, 3.05) is 6.79 Å². The van der Waals surface area contributed by atoms with Crippen LogP contribution in [0.3, 0.4) is 0 Å². The standard InChI is InChI=1S/C18H18O4/c19-17-15-11-6-3-9-1-4-10(5-2-9)14(11)16(13-7-12(13)15)18(20)22-8-21-17/h9-10H,1-8H2. The lowest BCUT2D eigenvalue weighted by molar-refractivity contribution is -0.0163. The molecular weight excluding hydrogens is 280 g/mol. The minimum Gasteiger partial charge on any atom is -0.424 e. The molecule has 4 nitrogen and oxygen atoms in total. The van der Waals surface area contributed by atoms with Gasteiger partial charge in [-0.05, 0) is 79.0 Å². The zero-order valence-corrected chi connectivity index (χ0v) is 12.4. The lowest BCUT2D eigenvalue weighted by atomic mass is 9.70. The van der Waals surface area contributed by atoms with Gasteiger partial charge in [0.2, 0.25) is 6.79 Å². The second kappa shape index (κ2) is 4.34. The number of hydrogen-bond donors (Lipinski definition) is 0. The average Bonchev–Trinajstić information content (AvgIpc) is 3.27. The van der Waals surface area contributed by atoms with Crippen molar-refractivity contribution in [1.82, 2.24) is 0 Å². The second-order valence-electron chi connectivity index (χ2n) is 7.01. The predicted molar refractivity (Wildman–Crippen MR) is 78.0 cm³/mol. The molecule has 1 fully saturated rings. The van der Waals surface area contributed by atoms with Crippen LogP contribution in [0.15, 0.2) is 0 Å². The van der Waals surface area contributed by atoms with Crippen LogP contribution in [0, 0.1) is 5.92 Å². The highest BCUT2D eigenvalue weighted by Gasteiger charge is 2.42. The third-order valence-corrected chi connectivity index (χ3v) is 5.94. The Morgan fingerprint density at radius 2 is 1.45 bits per heavy atom. The highest BCUT2D eigenvalue weighted by atomic mass is 16.7. The van der Waals surface area contributed by atoms with Crippen molar-refractivity contribution in [3.63, 3.8) is 0 Å². The van der Waals surface area contributed by atoms with E-state index < -0.39 is 0 Å². The Kier molecular flexibility index (Phi) is 2.50. The van der Waals surface area contributed by atoms with Crippen molar-refractivity contribution >= 4 is 11.9 Å². The molecule has 0 N–H and O–H groups in total. The normalized spacial score (nSPS) is 28.4. The van der Waals surface area contributed by atoms with E-state index in [1.807, 2.05) is 0 Å². The van der Waals surface area contributed by atoms with E-state index in [-0.39, 0.29) is 18.7 Å². The third-order valence-electron chi connectivity index (χ3n) is 5.94. The second-order valence-corrected chi connectivity index (χ2v) is 7.01. The molecule has 4 heteroatoms. The number of carbonyl (C=O) groups is 2. The number of benzene rings is 1. The molecule has 1 aromatic carbocycles. The van der Waals surface area contributed by atoms with Crippen LogP contribution in [-0.4, -0.2) is 18.7 Å². The minimum atomic E-state index is -0.303. The maximum atomic E-state index is 12.5. The molecule has 0 radical (unpaired) electrons. The summed E-state index contributed by atoms with van der Waals surface area (Å²) in [6.07, 6.45) is 7.52. The summed E-state index contributed by atoms with van der Waals surface area (Å²) in [4.78, 5) is 25.0. The topological polar surface area (TPSA) is 52.6 Å². The van der Waals surface area contributed by atoms with Gasteiger partial charge < -0.3 is 9.47 Å². The zero-order chi connectivity index (χ0) is 14.8. The molecule has 0 atom stereocenters. The molecule has 0 saturated heterocycles. The van der Waals surface area contributed by atoms with Crippen LogP contribution in [0.25, 0.3) is 0 Å². The molecule has 22 heavy (non-hydrogen) atoms. The molecule has 0 aromatic heterocycles. The summed E-state index contributed by atoms with van der Waals surface area (Å²) < 4.78 is 10.3. The van der Waals surface area contributed by atoms with Gasteiger partial charge in [0.05, 0.1) is 11.1 Å². The maximum absolute atomic E-state index is 12.5. The van der Waals surface area contributed by atoms with E-state index in [0.717, 1.165) is 71.4 Å². The predicted octanol–water partition coefficient (Wildman–Crippen LogP) is 3.10. The Morgan fingerprint density at radius 1 is 0.773 bits per heavy atom. The molecule has 1 heterocycles. The van der Waals surface area contributed by atoms with E-state index in [4.69, 9.17) is 9.47 Å². The van der Waals surface area contributed by atoms with E-state index in [9.17, 15) is 9.59 Å². The van der Waals surface area contributed by atoms with Gasteiger partial charge in [-0.3, -0.25) is 0 Å². The summed E-state index contributed by atoms with van der Waals surface area (Å²) in [5.74, 6) is 0.582. The van der Waals surface area contributed by atoms with Gasteiger partial charge in [0, 0.05) is 0 Å². The lowest BCUT2D eigenvalue weighted by Gasteiger charge is -2.34. The first kappa shape index (κ1) is 12.7. The van der Waals surface area contributed by atoms with Gasteiger partial charge in [-0.1, -0.05) is 0 Å². The summed E-state index contributed by atoms with van der Waals surface area (Å²) in [5, 5.41) is 0. The summed E-state index contributed by atoms with van der Waals surface area (Å²) in [6, 6.07) is 0. The van der Waals surface area contributed by atoms with Gasteiger partial charge in [-0.25, -0.2) is 9.59 Å². The first-order chi connectivity index (χ1) is 10.7. The molecule has 1 aliphatic heterocycles. The number of hydrogen-bond acceptors (Lipinski definition) is 4. The summed E-state index contributed by atoms with van der Waals surface area (Å²) in [7, 11) is 0. The Hall–Kier alpha value is -1.84. The van der Waals surface area contributed by atoms with E-state index in [1.165, 1.54) is 12.8 Å². The van der Waals surface area contributed by atoms with Crippen molar-refractivity contribution in [2.45, 2.75) is 50.9 Å². The summed E-state index contributed by atoms with van der Waals surface area (Å²) >= 11 is 0. The van der Waals surface area contributed by atoms with Crippen molar-refractivity contribution in [2.24, 2.45) is 5.92 Å². The Balaban J connectivity index is 1.82. The highest BCUT2D eigenvalue weighted by Crippen LogP contribution is 2.50. The molecule has 1 saturated carbocycles. The van der Waals surface area contributed by atoms with Gasteiger partial charge >= 0.3 is 11.9 Å². The van der Waals surface area contributed by atoms with Gasteiger partial charge in [-0.2, -0.15) is 0 Å². The number of rotatable bonds is 0. The Bertz CT molecular complexity index is 711. The van der Waals surface area contributed by atoms with E-state index in [2.05, 4.69) is 0 Å². The molecule has 5 aliphatic rings. The van der Waals surface area contributed by atoms with Crippen LogP contribution in [-0.2, 0) is 22.3 Å². The average molecular weight is 298 g/mol. The summed E-state index contributed by atoms with van der Waals surface area (Å²) in [6.45, 7) is -0.265. The molecule has 4 aliphatic carbocycles. The van der Waals surface area contributed by atoms with E-state index in [1.54, 1.807) is 0 Å². The van der Waals surface area contributed by atoms with Crippen molar-refractivity contribution in [3.8, 4) is 0 Å². The smallest absolute Gasteiger partial charge is 0.341 e. The minimum absolute atomic E-state index is 0.265. The first-order valence-corrected chi connectivity index (χ1v) is 8.28. The summed E-state index contributed by atoms with van der Waals surface area (Å²) in [5.41, 5.74) is 5.85. The van der Waals surface area contributed by atoms with Crippen molar-refractivity contribution in [1.29, 1.82) is 0 Å². The lowest BCUT2D eigenvalue weighted by Crippen LogP contribution is -2.23. The van der Waals surface area contributed by atoms with Crippen LogP contribution >= 0.6 is 0 Å². The van der Waals surface area contributed by atoms with Gasteiger partial charge in [0.25, 0.3) is 0 Å². The van der Waals surface area contributed by atoms with Crippen LogP contribution in [0.4, 0.5) is 0 Å². The Morgan fingerprint density at radius 3 is 2.23 bits per heavy atom. The largest absolute Gasteiger partial charge is 0.424 e. The highest BCUT2D eigenvalue weighted by molar-refractivity contribution is 6.03. The zero-order valence-electron chi connectivity index (χ0n) is 12.4. The molecule has 0 unspecified atom stereocenters. The third kappa shape index (κ3) is 1.64. The molecule has 6 rings (SSSR count). The fourth-order valence-corrected chi connectivity index (χ4v) is 4.80. The molecule has 0 spiro atoms. The molecule has 114 valence electrons. The molecule has 0 amide bonds. The van der Waals surface area contributed by atoms with Crippen molar-refractivity contribution in [3.05, 3.63) is 33.4 Å². The number of esters is 2. The molecule has 4 bridgehead atoms. The number of carbonyl (C=O) groups excluding carboxylic acids is 2. The monoisotopic (exact) mass is 298 g/mol. The molecule has 1 aromatic rings. The van der Waals surface area contributed by atoms with Crippen LogP contribution < -0.4 is 0 Å². The molecular formula is C18H18O4. The fraction of sp³-hybridized carbons (Fsp3) is 0.556.